The summed E-state index contributed by atoms with van der Waals surface area (Å²) in [5, 5.41) is 19.4. The highest BCUT2D eigenvalue weighted by atomic mass is 19.4. The van der Waals surface area contributed by atoms with Gasteiger partial charge in [-0.15, -0.1) is 0 Å². The summed E-state index contributed by atoms with van der Waals surface area (Å²) in [6.07, 6.45) is -63.2. The Bertz CT molecular complexity index is 1780. The third kappa shape index (κ3) is 10.1. The highest BCUT2D eigenvalue weighted by Crippen LogP contribution is 2.61. The van der Waals surface area contributed by atoms with Crippen LogP contribution in [-0.2, 0) is 30.1 Å². The Morgan fingerprint density at radius 2 is 0.757 bits per heavy atom. The quantitative estimate of drug-likeness (QED) is 0.127. The van der Waals surface area contributed by atoms with Gasteiger partial charge in [0, 0.05) is 11.1 Å². The lowest BCUT2D eigenvalue weighted by Crippen LogP contribution is -2.58. The fourth-order valence-corrected chi connectivity index (χ4v) is 10.7. The van der Waals surface area contributed by atoms with Crippen molar-refractivity contribution in [2.75, 3.05) is 13.6 Å². The van der Waals surface area contributed by atoms with Gasteiger partial charge in [0.2, 0.25) is 0 Å². The number of rotatable bonds is 16. The molecule has 9 atom stereocenters. The largest absolute Gasteiger partial charge is 0.430 e. The van der Waals surface area contributed by atoms with E-state index in [0.29, 0.717) is 0 Å². The number of fused-ring (bicyclic) bond motifs is 4. The third-order valence-corrected chi connectivity index (χ3v) is 14.4. The first-order chi connectivity index (χ1) is 31.3. The molecule has 1 aromatic carbocycles. The molecule has 0 radical (unpaired) electrons. The zero-order chi connectivity index (χ0) is 53.7. The molecular weight excluding hydrogens is 1030 g/mol. The van der Waals surface area contributed by atoms with Gasteiger partial charge in [0.1, 0.15) is 13.6 Å². The van der Waals surface area contributed by atoms with Gasteiger partial charge < -0.3 is 29.2 Å². The predicted octanol–water partition coefficient (Wildman–Crippen LogP) is 13.1. The molecule has 0 heterocycles. The monoisotopic (exact) mass is 1070 g/mol. The molecule has 0 amide bonds. The summed E-state index contributed by atoms with van der Waals surface area (Å²) in [6.45, 7) is -2.37. The van der Waals surface area contributed by atoms with Crippen LogP contribution in [0.2, 0.25) is 0 Å². The second-order valence-corrected chi connectivity index (χ2v) is 18.6. The van der Waals surface area contributed by atoms with Crippen molar-refractivity contribution in [3.8, 4) is 0 Å². The number of ether oxygens (including phenoxy) is 4. The molecule has 0 aromatic heterocycles. The smallest absolute Gasteiger partial charge is 0.374 e. The topological polar surface area (TPSA) is 77.4 Å². The highest BCUT2D eigenvalue weighted by molar-refractivity contribution is 5.42. The lowest BCUT2D eigenvalue weighted by atomic mass is 9.78. The zero-order valence-corrected chi connectivity index (χ0v) is 35.8. The molecule has 4 fully saturated rings. The Balaban J connectivity index is 1.51. The third-order valence-electron chi connectivity index (χ3n) is 14.4. The predicted molar refractivity (Wildman–Crippen MR) is 186 cm³/mol. The lowest BCUT2D eigenvalue weighted by molar-refractivity contribution is -0.406. The molecule has 0 spiro atoms. The Hall–Kier alpha value is -2.70. The summed E-state index contributed by atoms with van der Waals surface area (Å²) in [4.78, 5) is 0. The molecule has 9 unspecified atom stereocenters. The summed E-state index contributed by atoms with van der Waals surface area (Å²) < 4.78 is 362. The first-order valence-corrected chi connectivity index (χ1v) is 21.0. The van der Waals surface area contributed by atoms with Crippen LogP contribution in [-0.4, -0.2) is 96.6 Å². The highest BCUT2D eigenvalue weighted by Gasteiger charge is 2.77. The molecule has 0 aliphatic heterocycles. The molecule has 406 valence electrons. The molecule has 0 saturated heterocycles. The van der Waals surface area contributed by atoms with Gasteiger partial charge in [-0.25, -0.2) is 0 Å². The van der Waals surface area contributed by atoms with Gasteiger partial charge in [-0.1, -0.05) is 26.0 Å². The maximum Gasteiger partial charge on any atom is 0.430 e. The van der Waals surface area contributed by atoms with Crippen molar-refractivity contribution in [3.05, 3.63) is 34.9 Å². The standard InChI is InChI=1S/C40H42F24O6/c1-3-17(2)20-10-23(31(37(53,54)55,38(56,57)58)69-15-67-27-8-18-4-21(25(27)6-18)13-29(65,33(41,42)43)34(44,45)46)12-24(11-20)32(39(59,60)61,40(62,63)64)70-16-68-28-9-19-5-22(26(28)7-19)14-30(66,35(47,48)49)36(50,51)52/h10-12,17-19,21-22,25-28,65-66H,3-9,13-16H2,1-2H3. The van der Waals surface area contributed by atoms with E-state index < -0.39 is 200 Å². The second kappa shape index (κ2) is 18.6. The average Bonchev–Trinajstić information content (AvgIpc) is 3.95. The van der Waals surface area contributed by atoms with Gasteiger partial charge in [0.15, 0.2) is 0 Å². The molecule has 4 saturated carbocycles. The Kier molecular flexibility index (Phi) is 15.5. The van der Waals surface area contributed by atoms with Crippen molar-refractivity contribution in [3.63, 3.8) is 0 Å². The Morgan fingerprint density at radius 1 is 0.457 bits per heavy atom. The van der Waals surface area contributed by atoms with Crippen molar-refractivity contribution < 1.29 is 135 Å². The van der Waals surface area contributed by atoms with Crippen LogP contribution < -0.4 is 0 Å². The summed E-state index contributed by atoms with van der Waals surface area (Å²) in [6, 6.07) is -1.03. The van der Waals surface area contributed by atoms with E-state index >= 15 is 52.7 Å². The van der Waals surface area contributed by atoms with Gasteiger partial charge >= 0.3 is 49.4 Å². The molecule has 70 heavy (non-hydrogen) atoms. The maximum absolute atomic E-state index is 15.1. The van der Waals surface area contributed by atoms with Crippen molar-refractivity contribution in [1.29, 1.82) is 0 Å². The number of alkyl halides is 24. The average molecular weight is 1070 g/mol. The van der Waals surface area contributed by atoms with E-state index in [0.717, 1.165) is 13.8 Å². The number of benzene rings is 1. The summed E-state index contributed by atoms with van der Waals surface area (Å²) in [7, 11) is 0. The lowest BCUT2D eigenvalue weighted by Gasteiger charge is -2.41. The minimum atomic E-state index is -6.90. The van der Waals surface area contributed by atoms with Crippen LogP contribution in [0, 0.1) is 35.5 Å². The van der Waals surface area contributed by atoms with Gasteiger partial charge in [-0.2, -0.15) is 105 Å². The minimum Gasteiger partial charge on any atom is -0.374 e. The molecule has 2 N–H and O–H groups in total. The SMILES string of the molecule is CCC(C)c1cc(C(OCOC2CC3CC(CC(O)(C(F)(F)F)C(F)(F)F)C2C3)(C(F)(F)F)C(F)(F)F)cc(C(OCOC2CC3CC(CC(O)(C(F)(F)F)C(F)(F)F)C2C3)(C(F)(F)F)C(F)(F)F)c1. The summed E-state index contributed by atoms with van der Waals surface area (Å²) in [5.74, 6) is -9.63. The molecule has 1 aromatic rings. The van der Waals surface area contributed by atoms with E-state index in [-0.39, 0.29) is 31.4 Å². The van der Waals surface area contributed by atoms with Gasteiger partial charge in [0.25, 0.3) is 22.4 Å². The van der Waals surface area contributed by atoms with E-state index in [1.54, 1.807) is 0 Å². The molecule has 4 aliphatic carbocycles. The van der Waals surface area contributed by atoms with E-state index in [4.69, 9.17) is 9.47 Å². The Morgan fingerprint density at radius 3 is 1.00 bits per heavy atom. The van der Waals surface area contributed by atoms with Crippen molar-refractivity contribution in [2.45, 2.75) is 162 Å². The van der Waals surface area contributed by atoms with Crippen molar-refractivity contribution in [1.82, 2.24) is 0 Å². The van der Waals surface area contributed by atoms with Gasteiger partial charge in [-0.3, -0.25) is 0 Å². The van der Waals surface area contributed by atoms with E-state index in [2.05, 4.69) is 9.47 Å². The normalized spacial score (nSPS) is 27.3. The number of aliphatic hydroxyl groups is 2. The summed E-state index contributed by atoms with van der Waals surface area (Å²) in [5.41, 5.74) is -28.6. The van der Waals surface area contributed by atoms with Crippen LogP contribution in [0.5, 0.6) is 0 Å². The number of halogens is 24. The molecule has 4 bridgehead atoms. The maximum atomic E-state index is 15.1. The minimum absolute atomic E-state index is 0.0895. The zero-order valence-electron chi connectivity index (χ0n) is 35.8. The van der Waals surface area contributed by atoms with E-state index in [1.165, 1.54) is 0 Å². The van der Waals surface area contributed by atoms with Crippen LogP contribution in [0.3, 0.4) is 0 Å². The van der Waals surface area contributed by atoms with E-state index in [9.17, 15) is 62.9 Å². The molecule has 5 rings (SSSR count). The van der Waals surface area contributed by atoms with Gasteiger partial charge in [0.05, 0.1) is 12.2 Å². The van der Waals surface area contributed by atoms with Crippen LogP contribution in [0.25, 0.3) is 0 Å². The molecule has 6 nitrogen and oxygen atoms in total. The van der Waals surface area contributed by atoms with Crippen molar-refractivity contribution in [2.24, 2.45) is 35.5 Å². The van der Waals surface area contributed by atoms with Crippen LogP contribution >= 0.6 is 0 Å². The first-order valence-electron chi connectivity index (χ1n) is 21.0. The Labute approximate surface area is 380 Å². The number of hydrogen-bond donors (Lipinski definition) is 2. The first kappa shape index (κ1) is 58.2. The number of hydrogen-bond acceptors (Lipinski definition) is 6. The molecule has 4 aliphatic rings. The van der Waals surface area contributed by atoms with E-state index in [1.807, 2.05) is 0 Å². The van der Waals surface area contributed by atoms with Gasteiger partial charge in [-0.05, 0) is 111 Å². The van der Waals surface area contributed by atoms with Crippen LogP contribution in [0.15, 0.2) is 18.2 Å². The van der Waals surface area contributed by atoms with Crippen molar-refractivity contribution >= 4 is 0 Å². The molecule has 30 heteroatoms. The molecular formula is C40H42F24O6. The summed E-state index contributed by atoms with van der Waals surface area (Å²) >= 11 is 0. The fraction of sp³-hybridized carbons (Fsp3) is 0.850. The van der Waals surface area contributed by atoms with Crippen LogP contribution in [0.4, 0.5) is 105 Å². The second-order valence-electron chi connectivity index (χ2n) is 18.6. The fourth-order valence-electron chi connectivity index (χ4n) is 10.7. The van der Waals surface area contributed by atoms with Crippen LogP contribution in [0.1, 0.15) is 94.2 Å².